The summed E-state index contributed by atoms with van der Waals surface area (Å²) in [6.45, 7) is 7.56. The van der Waals surface area contributed by atoms with Crippen molar-refractivity contribution in [3.05, 3.63) is 0 Å². The second-order valence-electron chi connectivity index (χ2n) is 5.05. The zero-order valence-electron chi connectivity index (χ0n) is 11.4. The van der Waals surface area contributed by atoms with E-state index < -0.39 is 6.04 Å². The largest absolute Gasteiger partial charge is 0.350 e. The molecule has 4 N–H and O–H groups in total. The van der Waals surface area contributed by atoms with E-state index in [1.165, 1.54) is 0 Å². The first-order chi connectivity index (χ1) is 8.45. The number of nitrogens with two attached hydrogens (primary N) is 1. The Bertz CT molecular complexity index is 306. The Morgan fingerprint density at radius 3 is 2.67 bits per heavy atom. The van der Waals surface area contributed by atoms with Gasteiger partial charge < -0.3 is 21.3 Å². The molecule has 1 rings (SSSR count). The number of hydrogen-bond acceptors (Lipinski definition) is 3. The highest BCUT2D eigenvalue weighted by atomic mass is 16.2. The van der Waals surface area contributed by atoms with Crippen molar-refractivity contribution >= 4 is 11.9 Å². The van der Waals surface area contributed by atoms with Crippen LogP contribution in [0.25, 0.3) is 0 Å². The van der Waals surface area contributed by atoms with Crippen LogP contribution < -0.4 is 16.4 Å². The van der Waals surface area contributed by atoms with Crippen molar-refractivity contribution in [2.24, 2.45) is 11.7 Å². The van der Waals surface area contributed by atoms with E-state index in [0.717, 1.165) is 6.42 Å². The monoisotopic (exact) mass is 256 g/mol. The molecule has 0 saturated carbocycles. The molecule has 1 saturated heterocycles. The van der Waals surface area contributed by atoms with E-state index in [1.807, 2.05) is 20.8 Å². The lowest BCUT2D eigenvalue weighted by atomic mass is 10.0. The molecule has 1 fully saturated rings. The van der Waals surface area contributed by atoms with E-state index in [2.05, 4.69) is 10.6 Å². The molecule has 2 atom stereocenters. The number of nitrogens with zero attached hydrogens (tertiary/aromatic N) is 1. The fourth-order valence-corrected chi connectivity index (χ4v) is 1.93. The first kappa shape index (κ1) is 14.8. The summed E-state index contributed by atoms with van der Waals surface area (Å²) in [5.41, 5.74) is 5.78. The number of amides is 3. The van der Waals surface area contributed by atoms with Crippen LogP contribution in [0.5, 0.6) is 0 Å². The number of carbonyl (C=O) groups excluding carboxylic acids is 2. The SMILES string of the molecule is CCNC(=O)N1CCC(NC(=O)[C@@H](N)C(C)C)C1. The number of nitrogens with one attached hydrogen (secondary N) is 2. The lowest BCUT2D eigenvalue weighted by Gasteiger charge is -2.20. The standard InChI is InChI=1S/C12H24N4O2/c1-4-14-12(18)16-6-5-9(7-16)15-11(17)10(13)8(2)3/h8-10H,4-7,13H2,1-3H3,(H,14,18)(H,15,17)/t9?,10-/m0/s1. The zero-order valence-corrected chi connectivity index (χ0v) is 11.4. The summed E-state index contributed by atoms with van der Waals surface area (Å²) in [5.74, 6) is -0.0151. The summed E-state index contributed by atoms with van der Waals surface area (Å²) in [6.07, 6.45) is 0.785. The lowest BCUT2D eigenvalue weighted by Crippen LogP contribution is -2.49. The highest BCUT2D eigenvalue weighted by molar-refractivity contribution is 5.82. The third-order valence-corrected chi connectivity index (χ3v) is 3.17. The van der Waals surface area contributed by atoms with E-state index in [0.29, 0.717) is 19.6 Å². The van der Waals surface area contributed by atoms with Crippen LogP contribution >= 0.6 is 0 Å². The minimum absolute atomic E-state index is 0.0184. The summed E-state index contributed by atoms with van der Waals surface area (Å²) in [6, 6.07) is -0.532. The van der Waals surface area contributed by atoms with Crippen LogP contribution in [-0.2, 0) is 4.79 Å². The number of hydrogen-bond donors (Lipinski definition) is 3. The summed E-state index contributed by atoms with van der Waals surface area (Å²) in [5, 5.41) is 5.65. The maximum absolute atomic E-state index is 11.8. The highest BCUT2D eigenvalue weighted by Crippen LogP contribution is 2.10. The Labute approximate surface area is 108 Å². The molecule has 0 aliphatic carbocycles. The van der Waals surface area contributed by atoms with Gasteiger partial charge in [0.05, 0.1) is 6.04 Å². The van der Waals surface area contributed by atoms with Gasteiger partial charge in [0, 0.05) is 25.7 Å². The predicted molar refractivity (Wildman–Crippen MR) is 70.0 cm³/mol. The maximum Gasteiger partial charge on any atom is 0.317 e. The Morgan fingerprint density at radius 1 is 1.44 bits per heavy atom. The van der Waals surface area contributed by atoms with Gasteiger partial charge >= 0.3 is 6.03 Å². The number of likely N-dealkylation sites (tertiary alicyclic amines) is 1. The van der Waals surface area contributed by atoms with Gasteiger partial charge in [0.15, 0.2) is 0 Å². The van der Waals surface area contributed by atoms with Gasteiger partial charge in [0.2, 0.25) is 5.91 Å². The maximum atomic E-state index is 11.8. The van der Waals surface area contributed by atoms with E-state index in [1.54, 1.807) is 4.90 Å². The van der Waals surface area contributed by atoms with Gasteiger partial charge in [-0.25, -0.2) is 4.79 Å². The summed E-state index contributed by atoms with van der Waals surface area (Å²) < 4.78 is 0. The molecule has 1 heterocycles. The molecule has 0 bridgehead atoms. The fourth-order valence-electron chi connectivity index (χ4n) is 1.93. The number of carbonyl (C=O) groups is 2. The van der Waals surface area contributed by atoms with Crippen molar-refractivity contribution in [1.29, 1.82) is 0 Å². The Morgan fingerprint density at radius 2 is 2.11 bits per heavy atom. The molecule has 6 heteroatoms. The highest BCUT2D eigenvalue weighted by Gasteiger charge is 2.28. The molecule has 0 aromatic heterocycles. The first-order valence-corrected chi connectivity index (χ1v) is 6.54. The molecule has 0 aromatic rings. The first-order valence-electron chi connectivity index (χ1n) is 6.54. The average Bonchev–Trinajstić information content (AvgIpc) is 2.76. The van der Waals surface area contributed by atoms with Crippen molar-refractivity contribution in [2.75, 3.05) is 19.6 Å². The van der Waals surface area contributed by atoms with Gasteiger partial charge in [-0.2, -0.15) is 0 Å². The third-order valence-electron chi connectivity index (χ3n) is 3.17. The Hall–Kier alpha value is -1.30. The lowest BCUT2D eigenvalue weighted by molar-refractivity contribution is -0.123. The second kappa shape index (κ2) is 6.58. The average molecular weight is 256 g/mol. The van der Waals surface area contributed by atoms with Crippen molar-refractivity contribution in [2.45, 2.75) is 39.3 Å². The van der Waals surface area contributed by atoms with Gasteiger partial charge in [0.25, 0.3) is 0 Å². The molecule has 1 aliphatic rings. The summed E-state index contributed by atoms with van der Waals surface area (Å²) in [4.78, 5) is 25.1. The van der Waals surface area contributed by atoms with Crippen LogP contribution in [0.4, 0.5) is 4.79 Å². The minimum Gasteiger partial charge on any atom is -0.350 e. The van der Waals surface area contributed by atoms with E-state index in [9.17, 15) is 9.59 Å². The molecule has 0 radical (unpaired) electrons. The molecule has 0 spiro atoms. The van der Waals surface area contributed by atoms with Gasteiger partial charge in [-0.15, -0.1) is 0 Å². The third kappa shape index (κ3) is 3.87. The van der Waals surface area contributed by atoms with Crippen molar-refractivity contribution < 1.29 is 9.59 Å². The molecule has 1 unspecified atom stereocenters. The normalized spacial score (nSPS) is 20.9. The molecular formula is C12H24N4O2. The molecule has 1 aliphatic heterocycles. The van der Waals surface area contributed by atoms with Crippen LogP contribution in [0.2, 0.25) is 0 Å². The Kier molecular flexibility index (Phi) is 5.40. The molecule has 104 valence electrons. The van der Waals surface area contributed by atoms with Gasteiger partial charge in [-0.1, -0.05) is 13.8 Å². The van der Waals surface area contributed by atoms with Crippen molar-refractivity contribution in [3.63, 3.8) is 0 Å². The number of rotatable bonds is 4. The zero-order chi connectivity index (χ0) is 13.7. The van der Waals surface area contributed by atoms with E-state index in [-0.39, 0.29) is 23.9 Å². The Balaban J connectivity index is 2.39. The van der Waals surface area contributed by atoms with E-state index in [4.69, 9.17) is 5.73 Å². The molecule has 6 nitrogen and oxygen atoms in total. The smallest absolute Gasteiger partial charge is 0.317 e. The quantitative estimate of drug-likeness (QED) is 0.656. The molecule has 3 amide bonds. The second-order valence-corrected chi connectivity index (χ2v) is 5.05. The summed E-state index contributed by atoms with van der Waals surface area (Å²) >= 11 is 0. The summed E-state index contributed by atoms with van der Waals surface area (Å²) in [7, 11) is 0. The van der Waals surface area contributed by atoms with Gasteiger partial charge in [-0.3, -0.25) is 4.79 Å². The van der Waals surface area contributed by atoms with E-state index >= 15 is 0 Å². The fraction of sp³-hybridized carbons (Fsp3) is 0.833. The van der Waals surface area contributed by atoms with Crippen molar-refractivity contribution in [1.82, 2.24) is 15.5 Å². The minimum atomic E-state index is -0.483. The van der Waals surface area contributed by atoms with Crippen LogP contribution in [0.3, 0.4) is 0 Å². The predicted octanol–water partition coefficient (Wildman–Crippen LogP) is -0.110. The van der Waals surface area contributed by atoms with Crippen LogP contribution in [0.1, 0.15) is 27.2 Å². The van der Waals surface area contributed by atoms with Gasteiger partial charge in [-0.05, 0) is 19.3 Å². The van der Waals surface area contributed by atoms with Crippen LogP contribution in [0, 0.1) is 5.92 Å². The van der Waals surface area contributed by atoms with Gasteiger partial charge in [0.1, 0.15) is 0 Å². The van der Waals surface area contributed by atoms with Crippen LogP contribution in [0.15, 0.2) is 0 Å². The molecule has 18 heavy (non-hydrogen) atoms. The van der Waals surface area contributed by atoms with Crippen molar-refractivity contribution in [3.8, 4) is 0 Å². The van der Waals surface area contributed by atoms with Crippen LogP contribution in [-0.4, -0.2) is 48.6 Å². The molecular weight excluding hydrogens is 232 g/mol. The topological polar surface area (TPSA) is 87.5 Å². The molecule has 0 aromatic carbocycles. The number of urea groups is 1.